The second-order valence-corrected chi connectivity index (χ2v) is 5.48. The first-order valence-corrected chi connectivity index (χ1v) is 7.62. The third kappa shape index (κ3) is 3.52. The van der Waals surface area contributed by atoms with E-state index >= 15 is 0 Å². The van der Waals surface area contributed by atoms with Crippen LogP contribution in [-0.2, 0) is 24.2 Å². The second-order valence-electron chi connectivity index (χ2n) is 5.09. The van der Waals surface area contributed by atoms with Crippen LogP contribution in [0.4, 0.5) is 11.5 Å². The summed E-state index contributed by atoms with van der Waals surface area (Å²) in [5.74, 6) is 1.29. The maximum atomic E-state index is 6.04. The van der Waals surface area contributed by atoms with Crippen LogP contribution in [-0.4, -0.2) is 16.6 Å². The number of hydrogen-bond donors (Lipinski definition) is 1. The highest BCUT2D eigenvalue weighted by atomic mass is 35.5. The van der Waals surface area contributed by atoms with Crippen LogP contribution in [0.1, 0.15) is 30.3 Å². The lowest BCUT2D eigenvalue weighted by atomic mass is 10.1. The van der Waals surface area contributed by atoms with Gasteiger partial charge in [-0.15, -0.1) is 0 Å². The number of benzene rings is 1. The minimum Gasteiger partial charge on any atom is -0.374 e. The molecule has 0 bridgehead atoms. The van der Waals surface area contributed by atoms with Crippen molar-refractivity contribution in [3.8, 4) is 0 Å². The summed E-state index contributed by atoms with van der Waals surface area (Å²) < 4.78 is 5.33. The van der Waals surface area contributed by atoms with Gasteiger partial charge in [0.1, 0.15) is 17.6 Å². The van der Waals surface area contributed by atoms with E-state index in [0.717, 1.165) is 12.1 Å². The quantitative estimate of drug-likeness (QED) is 0.851. The number of rotatable bonds is 5. The first-order chi connectivity index (χ1) is 10.2. The lowest BCUT2D eigenvalue weighted by molar-refractivity contribution is 0.128. The summed E-state index contributed by atoms with van der Waals surface area (Å²) in [6.07, 6.45) is 3.59. The lowest BCUT2D eigenvalue weighted by Gasteiger charge is -2.09. The van der Waals surface area contributed by atoms with Crippen LogP contribution < -0.4 is 5.32 Å². The molecule has 1 aromatic heterocycles. The number of halogens is 1. The number of aromatic nitrogens is 2. The van der Waals surface area contributed by atoms with E-state index in [0.29, 0.717) is 30.0 Å². The van der Waals surface area contributed by atoms with Gasteiger partial charge in [-0.1, -0.05) is 17.7 Å². The van der Waals surface area contributed by atoms with Gasteiger partial charge in [0.2, 0.25) is 0 Å². The van der Waals surface area contributed by atoms with Crippen molar-refractivity contribution in [2.45, 2.75) is 32.8 Å². The third-order valence-electron chi connectivity index (χ3n) is 3.55. The Morgan fingerprint density at radius 3 is 2.90 bits per heavy atom. The topological polar surface area (TPSA) is 47.0 Å². The van der Waals surface area contributed by atoms with Crippen molar-refractivity contribution < 1.29 is 4.74 Å². The minimum atomic E-state index is 0.371. The Morgan fingerprint density at radius 2 is 2.05 bits per heavy atom. The molecular weight excluding hydrogens is 286 g/mol. The number of hydrogen-bond acceptors (Lipinski definition) is 4. The van der Waals surface area contributed by atoms with E-state index < -0.39 is 0 Å². The van der Waals surface area contributed by atoms with Crippen LogP contribution in [0.2, 0.25) is 5.15 Å². The lowest BCUT2D eigenvalue weighted by Crippen LogP contribution is -2.03. The van der Waals surface area contributed by atoms with Crippen molar-refractivity contribution in [1.82, 2.24) is 9.97 Å². The average Bonchev–Trinajstić information content (AvgIpc) is 2.92. The van der Waals surface area contributed by atoms with Crippen LogP contribution in [0, 0.1) is 0 Å². The van der Waals surface area contributed by atoms with Gasteiger partial charge < -0.3 is 10.1 Å². The summed E-state index contributed by atoms with van der Waals surface area (Å²) in [5.41, 5.74) is 3.92. The van der Waals surface area contributed by atoms with Crippen molar-refractivity contribution in [2.75, 3.05) is 11.9 Å². The van der Waals surface area contributed by atoms with Crippen molar-refractivity contribution in [1.29, 1.82) is 0 Å². The summed E-state index contributed by atoms with van der Waals surface area (Å²) in [6.45, 7) is 2.94. The molecule has 0 atom stereocenters. The molecule has 3 rings (SSSR count). The molecule has 4 nitrogen and oxygen atoms in total. The molecular formula is C16H18ClN3O. The molecule has 2 aromatic rings. The van der Waals surface area contributed by atoms with Crippen LogP contribution >= 0.6 is 11.6 Å². The summed E-state index contributed by atoms with van der Waals surface area (Å²) in [5, 5.41) is 3.72. The normalized spacial score (nSPS) is 13.2. The average molecular weight is 304 g/mol. The van der Waals surface area contributed by atoms with Crippen molar-refractivity contribution in [3.05, 3.63) is 46.4 Å². The molecule has 0 fully saturated rings. The molecule has 0 aliphatic heterocycles. The van der Waals surface area contributed by atoms with Gasteiger partial charge >= 0.3 is 0 Å². The van der Waals surface area contributed by atoms with Gasteiger partial charge in [-0.2, -0.15) is 0 Å². The molecule has 110 valence electrons. The summed E-state index contributed by atoms with van der Waals surface area (Å²) in [4.78, 5) is 8.59. The third-order valence-corrected chi connectivity index (χ3v) is 3.74. The zero-order valence-corrected chi connectivity index (χ0v) is 12.8. The van der Waals surface area contributed by atoms with Crippen LogP contribution in [0.15, 0.2) is 24.3 Å². The molecule has 21 heavy (non-hydrogen) atoms. The number of anilines is 2. The molecule has 1 aromatic carbocycles. The maximum Gasteiger partial charge on any atom is 0.158 e. The minimum absolute atomic E-state index is 0.371. The maximum absolute atomic E-state index is 6.04. The molecule has 0 saturated heterocycles. The predicted octanol–water partition coefficient (Wildman–Crippen LogP) is 3.90. The first kappa shape index (κ1) is 14.3. The van der Waals surface area contributed by atoms with E-state index in [1.54, 1.807) is 6.07 Å². The van der Waals surface area contributed by atoms with E-state index in [9.17, 15) is 0 Å². The fourth-order valence-electron chi connectivity index (χ4n) is 2.58. The predicted molar refractivity (Wildman–Crippen MR) is 84.1 cm³/mol. The number of nitrogens with one attached hydrogen (secondary N) is 1. The van der Waals surface area contributed by atoms with Crippen LogP contribution in [0.25, 0.3) is 0 Å². The van der Waals surface area contributed by atoms with Gasteiger partial charge in [0, 0.05) is 18.4 Å². The Kier molecular flexibility index (Phi) is 4.36. The highest BCUT2D eigenvalue weighted by molar-refractivity contribution is 6.29. The SMILES string of the molecule is CCOCc1nc(Cl)cc(Nc2ccc3c(c2)CCC3)n1. The van der Waals surface area contributed by atoms with E-state index in [2.05, 4.69) is 33.5 Å². The van der Waals surface area contributed by atoms with Gasteiger partial charge in [-0.05, 0) is 49.4 Å². The van der Waals surface area contributed by atoms with E-state index in [1.807, 2.05) is 6.92 Å². The van der Waals surface area contributed by atoms with Crippen molar-refractivity contribution >= 4 is 23.1 Å². The fraction of sp³-hybridized carbons (Fsp3) is 0.375. The Balaban J connectivity index is 1.79. The van der Waals surface area contributed by atoms with Crippen molar-refractivity contribution in [3.63, 3.8) is 0 Å². The molecule has 5 heteroatoms. The standard InChI is InChI=1S/C16H18ClN3O/c1-2-21-10-16-19-14(17)9-15(20-16)18-13-7-6-11-4-3-5-12(11)8-13/h6-9H,2-5,10H2,1H3,(H,18,19,20). The number of ether oxygens (including phenoxy) is 1. The Hall–Kier alpha value is -1.65. The van der Waals surface area contributed by atoms with Gasteiger partial charge in [0.25, 0.3) is 0 Å². The van der Waals surface area contributed by atoms with E-state index in [4.69, 9.17) is 16.3 Å². The van der Waals surface area contributed by atoms with Gasteiger partial charge in [-0.25, -0.2) is 9.97 Å². The monoisotopic (exact) mass is 303 g/mol. The molecule has 1 aliphatic carbocycles. The van der Waals surface area contributed by atoms with Gasteiger partial charge in [0.05, 0.1) is 0 Å². The number of nitrogens with zero attached hydrogens (tertiary/aromatic N) is 2. The summed E-state index contributed by atoms with van der Waals surface area (Å²) in [6, 6.07) is 8.20. The fourth-order valence-corrected chi connectivity index (χ4v) is 2.79. The van der Waals surface area contributed by atoms with Crippen LogP contribution in [0.3, 0.4) is 0 Å². The number of fused-ring (bicyclic) bond motifs is 1. The number of aryl methyl sites for hydroxylation is 2. The Labute approximate surface area is 129 Å². The molecule has 1 heterocycles. The second kappa shape index (κ2) is 6.41. The molecule has 1 N–H and O–H groups in total. The largest absolute Gasteiger partial charge is 0.374 e. The Bertz CT molecular complexity index is 645. The molecule has 0 saturated carbocycles. The summed E-state index contributed by atoms with van der Waals surface area (Å²) in [7, 11) is 0. The molecule has 0 unspecified atom stereocenters. The zero-order chi connectivity index (χ0) is 14.7. The van der Waals surface area contributed by atoms with E-state index in [-0.39, 0.29) is 0 Å². The Morgan fingerprint density at radius 1 is 1.19 bits per heavy atom. The molecule has 1 aliphatic rings. The van der Waals surface area contributed by atoms with Gasteiger partial charge in [-0.3, -0.25) is 0 Å². The van der Waals surface area contributed by atoms with Crippen molar-refractivity contribution in [2.24, 2.45) is 0 Å². The van der Waals surface area contributed by atoms with E-state index in [1.165, 1.54) is 24.0 Å². The first-order valence-electron chi connectivity index (χ1n) is 7.24. The molecule has 0 amide bonds. The summed E-state index contributed by atoms with van der Waals surface area (Å²) >= 11 is 6.04. The molecule has 0 spiro atoms. The highest BCUT2D eigenvalue weighted by Crippen LogP contribution is 2.26. The van der Waals surface area contributed by atoms with Gasteiger partial charge in [0.15, 0.2) is 5.82 Å². The smallest absolute Gasteiger partial charge is 0.158 e. The zero-order valence-electron chi connectivity index (χ0n) is 12.0. The highest BCUT2D eigenvalue weighted by Gasteiger charge is 2.11. The molecule has 0 radical (unpaired) electrons. The van der Waals surface area contributed by atoms with Crippen LogP contribution in [0.5, 0.6) is 0 Å².